The minimum atomic E-state index is -0.0669. The molecule has 0 aromatic carbocycles. The van der Waals surface area contributed by atoms with Gasteiger partial charge in [-0.05, 0) is 24.8 Å². The van der Waals surface area contributed by atoms with Crippen molar-refractivity contribution in [1.29, 1.82) is 0 Å². The van der Waals surface area contributed by atoms with Gasteiger partial charge in [0.25, 0.3) is 0 Å². The first-order valence-corrected chi connectivity index (χ1v) is 5.29. The van der Waals surface area contributed by atoms with E-state index in [1.807, 2.05) is 0 Å². The predicted octanol–water partition coefficient (Wildman–Crippen LogP) is -0.160. The van der Waals surface area contributed by atoms with Crippen molar-refractivity contribution in [2.24, 2.45) is 11.1 Å². The van der Waals surface area contributed by atoms with Gasteiger partial charge in [-0.3, -0.25) is 4.79 Å². The number of piperidine rings is 1. The minimum Gasteiger partial charge on any atom is -0.353 e. The van der Waals surface area contributed by atoms with E-state index in [2.05, 4.69) is 24.5 Å². The fourth-order valence-corrected chi connectivity index (χ4v) is 1.96. The summed E-state index contributed by atoms with van der Waals surface area (Å²) in [5.41, 5.74) is 5.39. The molecule has 0 saturated carbocycles. The van der Waals surface area contributed by atoms with E-state index < -0.39 is 0 Å². The van der Waals surface area contributed by atoms with Crippen molar-refractivity contribution in [2.45, 2.75) is 32.7 Å². The summed E-state index contributed by atoms with van der Waals surface area (Å²) >= 11 is 0. The zero-order valence-corrected chi connectivity index (χ0v) is 9.10. The maximum Gasteiger partial charge on any atom is 0.237 e. The van der Waals surface area contributed by atoms with Gasteiger partial charge >= 0.3 is 0 Å². The Morgan fingerprint density at radius 3 is 2.93 bits per heavy atom. The Kier molecular flexibility index (Phi) is 3.89. The fraction of sp³-hybridized carbons (Fsp3) is 0.900. The SMILES string of the molecule is CC1(C)CCCNC1C(=O)NCCN. The van der Waals surface area contributed by atoms with E-state index in [1.165, 1.54) is 0 Å². The Morgan fingerprint density at radius 1 is 1.64 bits per heavy atom. The summed E-state index contributed by atoms with van der Waals surface area (Å²) < 4.78 is 0. The molecule has 1 amide bonds. The minimum absolute atomic E-state index is 0.0525. The van der Waals surface area contributed by atoms with Crippen LogP contribution in [0.25, 0.3) is 0 Å². The Bertz CT molecular complexity index is 204. The maximum atomic E-state index is 11.7. The summed E-state index contributed by atoms with van der Waals surface area (Å²) in [5.74, 6) is 0.0835. The van der Waals surface area contributed by atoms with Gasteiger partial charge in [-0.15, -0.1) is 0 Å². The smallest absolute Gasteiger partial charge is 0.237 e. The van der Waals surface area contributed by atoms with Crippen LogP contribution in [0.3, 0.4) is 0 Å². The molecule has 1 heterocycles. The quantitative estimate of drug-likeness (QED) is 0.591. The van der Waals surface area contributed by atoms with E-state index in [9.17, 15) is 4.79 Å². The van der Waals surface area contributed by atoms with Gasteiger partial charge < -0.3 is 16.4 Å². The fourth-order valence-electron chi connectivity index (χ4n) is 1.96. The number of carbonyl (C=O) groups is 1. The molecule has 1 atom stereocenters. The van der Waals surface area contributed by atoms with Crippen molar-refractivity contribution < 1.29 is 4.79 Å². The third kappa shape index (κ3) is 2.69. The second-order valence-electron chi connectivity index (χ2n) is 4.56. The number of hydrogen-bond acceptors (Lipinski definition) is 3. The molecule has 0 aromatic heterocycles. The van der Waals surface area contributed by atoms with Gasteiger partial charge in [-0.1, -0.05) is 13.8 Å². The maximum absolute atomic E-state index is 11.7. The molecule has 4 heteroatoms. The highest BCUT2D eigenvalue weighted by molar-refractivity contribution is 5.82. The Balaban J connectivity index is 2.51. The standard InChI is InChI=1S/C10H21N3O/c1-10(2)4-3-6-12-8(10)9(14)13-7-5-11/h8,12H,3-7,11H2,1-2H3,(H,13,14). The van der Waals surface area contributed by atoms with Gasteiger partial charge in [0.05, 0.1) is 6.04 Å². The number of carbonyl (C=O) groups excluding carboxylic acids is 1. The second kappa shape index (κ2) is 4.75. The van der Waals surface area contributed by atoms with Crippen LogP contribution in [0.15, 0.2) is 0 Å². The lowest BCUT2D eigenvalue weighted by Crippen LogP contribution is -2.56. The first-order chi connectivity index (χ1) is 6.58. The number of hydrogen-bond donors (Lipinski definition) is 3. The van der Waals surface area contributed by atoms with Crippen LogP contribution < -0.4 is 16.4 Å². The summed E-state index contributed by atoms with van der Waals surface area (Å²) in [7, 11) is 0. The molecule has 1 rings (SSSR count). The van der Waals surface area contributed by atoms with Crippen LogP contribution in [0.4, 0.5) is 0 Å². The lowest BCUT2D eigenvalue weighted by molar-refractivity contribution is -0.126. The summed E-state index contributed by atoms with van der Waals surface area (Å²) in [6, 6.07) is -0.0669. The van der Waals surface area contributed by atoms with Crippen molar-refractivity contribution in [3.63, 3.8) is 0 Å². The first-order valence-electron chi connectivity index (χ1n) is 5.29. The molecule has 0 bridgehead atoms. The van der Waals surface area contributed by atoms with E-state index in [0.29, 0.717) is 13.1 Å². The predicted molar refractivity (Wildman–Crippen MR) is 56.9 cm³/mol. The average Bonchev–Trinajstić information content (AvgIpc) is 2.13. The highest BCUT2D eigenvalue weighted by Crippen LogP contribution is 2.29. The molecule has 1 saturated heterocycles. The second-order valence-corrected chi connectivity index (χ2v) is 4.56. The lowest BCUT2D eigenvalue weighted by Gasteiger charge is -2.38. The van der Waals surface area contributed by atoms with E-state index in [-0.39, 0.29) is 17.4 Å². The molecule has 0 spiro atoms. The summed E-state index contributed by atoms with van der Waals surface area (Å²) in [6.45, 7) is 6.26. The van der Waals surface area contributed by atoms with Gasteiger partial charge in [0.1, 0.15) is 0 Å². The van der Waals surface area contributed by atoms with E-state index >= 15 is 0 Å². The van der Waals surface area contributed by atoms with Gasteiger partial charge in [0, 0.05) is 13.1 Å². The van der Waals surface area contributed by atoms with Crippen LogP contribution in [0.1, 0.15) is 26.7 Å². The van der Waals surface area contributed by atoms with Crippen LogP contribution in [0.2, 0.25) is 0 Å². The summed E-state index contributed by atoms with van der Waals surface area (Å²) in [5, 5.41) is 6.10. The number of nitrogens with one attached hydrogen (secondary N) is 2. The Hall–Kier alpha value is -0.610. The molecular formula is C10H21N3O. The molecule has 0 aromatic rings. The first kappa shape index (κ1) is 11.5. The molecule has 1 aliphatic heterocycles. The van der Waals surface area contributed by atoms with Crippen LogP contribution >= 0.6 is 0 Å². The van der Waals surface area contributed by atoms with E-state index in [4.69, 9.17) is 5.73 Å². The highest BCUT2D eigenvalue weighted by atomic mass is 16.2. The average molecular weight is 199 g/mol. The van der Waals surface area contributed by atoms with Gasteiger partial charge in [-0.2, -0.15) is 0 Å². The van der Waals surface area contributed by atoms with Crippen LogP contribution in [-0.4, -0.2) is 31.6 Å². The lowest BCUT2D eigenvalue weighted by atomic mass is 9.77. The topological polar surface area (TPSA) is 67.2 Å². The zero-order chi connectivity index (χ0) is 10.6. The third-order valence-electron chi connectivity index (χ3n) is 2.83. The normalized spacial score (nSPS) is 25.8. The molecule has 14 heavy (non-hydrogen) atoms. The number of amides is 1. The molecule has 1 unspecified atom stereocenters. The molecule has 82 valence electrons. The molecule has 0 radical (unpaired) electrons. The summed E-state index contributed by atoms with van der Waals surface area (Å²) in [6.07, 6.45) is 2.24. The molecule has 0 aliphatic carbocycles. The van der Waals surface area contributed by atoms with Crippen LogP contribution in [0, 0.1) is 5.41 Å². The third-order valence-corrected chi connectivity index (χ3v) is 2.83. The molecule has 1 fully saturated rings. The van der Waals surface area contributed by atoms with Crippen molar-refractivity contribution >= 4 is 5.91 Å². The van der Waals surface area contributed by atoms with E-state index in [0.717, 1.165) is 19.4 Å². The highest BCUT2D eigenvalue weighted by Gasteiger charge is 2.36. The largest absolute Gasteiger partial charge is 0.353 e. The number of nitrogens with two attached hydrogens (primary N) is 1. The van der Waals surface area contributed by atoms with Crippen molar-refractivity contribution in [3.8, 4) is 0 Å². The van der Waals surface area contributed by atoms with Crippen LogP contribution in [0.5, 0.6) is 0 Å². The van der Waals surface area contributed by atoms with Gasteiger partial charge in [0.2, 0.25) is 5.91 Å². The molecule has 1 aliphatic rings. The van der Waals surface area contributed by atoms with Gasteiger partial charge in [0.15, 0.2) is 0 Å². The Labute approximate surface area is 85.6 Å². The van der Waals surface area contributed by atoms with Crippen LogP contribution in [-0.2, 0) is 4.79 Å². The number of rotatable bonds is 3. The van der Waals surface area contributed by atoms with Gasteiger partial charge in [-0.25, -0.2) is 0 Å². The van der Waals surface area contributed by atoms with E-state index in [1.54, 1.807) is 0 Å². The molecular weight excluding hydrogens is 178 g/mol. The van der Waals surface area contributed by atoms with Crippen molar-refractivity contribution in [2.75, 3.05) is 19.6 Å². The Morgan fingerprint density at radius 2 is 2.36 bits per heavy atom. The molecule has 4 N–H and O–H groups in total. The monoisotopic (exact) mass is 199 g/mol. The summed E-state index contributed by atoms with van der Waals surface area (Å²) in [4.78, 5) is 11.7. The molecule has 4 nitrogen and oxygen atoms in total. The van der Waals surface area contributed by atoms with Crippen molar-refractivity contribution in [3.05, 3.63) is 0 Å². The van der Waals surface area contributed by atoms with Crippen molar-refractivity contribution in [1.82, 2.24) is 10.6 Å². The zero-order valence-electron chi connectivity index (χ0n) is 9.10.